The number of nitrogens with zero attached hydrogens (tertiary/aromatic N) is 2. The van der Waals surface area contributed by atoms with Crippen molar-refractivity contribution in [2.75, 3.05) is 12.3 Å². The Hall–Kier alpha value is -4.23. The van der Waals surface area contributed by atoms with E-state index in [-0.39, 0.29) is 44.2 Å². The van der Waals surface area contributed by atoms with Gasteiger partial charge in [0.15, 0.2) is 6.29 Å². The number of carbonyl (C=O) groups excluding carboxylic acids is 2. The number of aliphatic hydroxyl groups excluding tert-OH is 1. The van der Waals surface area contributed by atoms with Gasteiger partial charge in [0.2, 0.25) is 5.91 Å². The lowest BCUT2D eigenvalue weighted by atomic mass is 9.91. The van der Waals surface area contributed by atoms with Crippen LogP contribution in [-0.4, -0.2) is 57.4 Å². The molecule has 0 bridgehead atoms. The van der Waals surface area contributed by atoms with Crippen molar-refractivity contribution in [2.24, 2.45) is 5.92 Å². The molecule has 50 heavy (non-hydrogen) atoms. The Bertz CT molecular complexity index is 1780. The Kier molecular flexibility index (Phi) is 11.2. The van der Waals surface area contributed by atoms with Gasteiger partial charge in [-0.25, -0.2) is 4.98 Å². The molecule has 2 aliphatic rings. The zero-order valence-electron chi connectivity index (χ0n) is 27.4. The molecule has 262 valence electrons. The Balaban J connectivity index is 1.18. The largest absolute Gasteiger partial charge is 0.471 e. The Labute approximate surface area is 293 Å². The predicted molar refractivity (Wildman–Crippen MR) is 182 cm³/mol. The first-order chi connectivity index (χ1) is 24.1. The molecule has 3 aromatic carbocycles. The maximum Gasteiger partial charge on any atom is 0.471 e. The quantitative estimate of drug-likeness (QED) is 0.172. The van der Waals surface area contributed by atoms with E-state index in [1.807, 2.05) is 91.0 Å². The molecule has 3 heterocycles. The number of carbonyl (C=O) groups is 2. The molecule has 0 spiro atoms. The molecule has 2 N–H and O–H groups in total. The fourth-order valence-electron chi connectivity index (χ4n) is 6.39. The van der Waals surface area contributed by atoms with Gasteiger partial charge >= 0.3 is 12.1 Å². The Morgan fingerprint density at radius 1 is 0.940 bits per heavy atom. The number of nitrogens with one attached hydrogen (secondary N) is 1. The molecule has 0 radical (unpaired) electrons. The van der Waals surface area contributed by atoms with Crippen LogP contribution in [0.25, 0.3) is 11.1 Å². The highest BCUT2D eigenvalue weighted by Crippen LogP contribution is 2.43. The topological polar surface area (TPSA) is 101 Å². The second kappa shape index (κ2) is 15.8. The fraction of sp³-hybridized carbons (Fsp3) is 0.342. The number of benzene rings is 3. The first-order valence-electron chi connectivity index (χ1n) is 16.5. The van der Waals surface area contributed by atoms with E-state index in [2.05, 4.69) is 17.2 Å². The number of likely N-dealkylation sites (tertiary alicyclic amines) is 1. The monoisotopic (exact) mass is 705 g/mol. The molecule has 6 rings (SSSR count). The lowest BCUT2D eigenvalue weighted by molar-refractivity contribution is -0.268. The van der Waals surface area contributed by atoms with Crippen LogP contribution in [0.5, 0.6) is 0 Å². The second-order valence-corrected chi connectivity index (χ2v) is 13.5. The van der Waals surface area contributed by atoms with E-state index in [1.165, 1.54) is 0 Å². The zero-order chi connectivity index (χ0) is 35.3. The van der Waals surface area contributed by atoms with E-state index in [1.54, 1.807) is 18.0 Å². The normalized spacial score (nSPS) is 22.3. The highest BCUT2D eigenvalue weighted by molar-refractivity contribution is 7.99. The van der Waals surface area contributed by atoms with Crippen LogP contribution < -0.4 is 5.32 Å². The van der Waals surface area contributed by atoms with Gasteiger partial charge in [-0.2, -0.15) is 13.2 Å². The second-order valence-electron chi connectivity index (χ2n) is 12.5. The summed E-state index contributed by atoms with van der Waals surface area (Å²) >= 11 is 1.63. The molecule has 2 amide bonds. The van der Waals surface area contributed by atoms with Crippen molar-refractivity contribution >= 4 is 23.6 Å². The number of aromatic nitrogens is 1. The van der Waals surface area contributed by atoms with Crippen molar-refractivity contribution in [3.8, 4) is 11.1 Å². The molecule has 1 aromatic heterocycles. The third-order valence-corrected chi connectivity index (χ3v) is 10.1. The summed E-state index contributed by atoms with van der Waals surface area (Å²) in [6.07, 6.45) is -3.84. The first kappa shape index (κ1) is 35.6. The minimum atomic E-state index is -5.02. The summed E-state index contributed by atoms with van der Waals surface area (Å²) in [5.41, 5.74) is 5.15. The molecule has 2 fully saturated rings. The maximum absolute atomic E-state index is 13.0. The molecular weight excluding hydrogens is 667 g/mol. The van der Waals surface area contributed by atoms with Gasteiger partial charge in [0, 0.05) is 36.5 Å². The number of halogens is 3. The van der Waals surface area contributed by atoms with Gasteiger partial charge in [-0.05, 0) is 64.9 Å². The van der Waals surface area contributed by atoms with Gasteiger partial charge in [-0.3, -0.25) is 9.59 Å². The van der Waals surface area contributed by atoms with E-state index >= 15 is 0 Å². The van der Waals surface area contributed by atoms with Gasteiger partial charge in [0.25, 0.3) is 0 Å². The fourth-order valence-corrected chi connectivity index (χ4v) is 7.42. The third kappa shape index (κ3) is 8.38. The average Bonchev–Trinajstić information content (AvgIpc) is 3.63. The summed E-state index contributed by atoms with van der Waals surface area (Å²) in [4.78, 5) is 29.7. The van der Waals surface area contributed by atoms with Crippen LogP contribution in [-0.2, 0) is 32.2 Å². The first-order valence-corrected chi connectivity index (χ1v) is 17.5. The number of thioether (sulfide) groups is 1. The molecule has 8 nitrogen and oxygen atoms in total. The number of alkyl halides is 3. The molecule has 0 aliphatic carbocycles. The molecule has 0 saturated carbocycles. The van der Waals surface area contributed by atoms with Crippen LogP contribution in [0.1, 0.15) is 54.4 Å². The molecule has 0 unspecified atom stereocenters. The van der Waals surface area contributed by atoms with Crippen LogP contribution in [0, 0.1) is 5.92 Å². The van der Waals surface area contributed by atoms with E-state index < -0.39 is 30.3 Å². The molecule has 12 heteroatoms. The van der Waals surface area contributed by atoms with Crippen LogP contribution in [0.2, 0.25) is 0 Å². The van der Waals surface area contributed by atoms with Gasteiger partial charge in [-0.1, -0.05) is 73.7 Å². The summed E-state index contributed by atoms with van der Waals surface area (Å²) in [7, 11) is 0. The van der Waals surface area contributed by atoms with Gasteiger partial charge < -0.3 is 24.8 Å². The predicted octanol–water partition coefficient (Wildman–Crippen LogP) is 6.99. The SMILES string of the molecule is C[C@@H]1[C@H](CSc2ccccn2)O[C@H](c2cccc(-c3cccc(CNC(=O)[C@@H]4CCCN4C(=O)C(F)(F)F)c3)c2)O[C@@H]1c1ccc(CO)cc1. The van der Waals surface area contributed by atoms with E-state index in [9.17, 15) is 27.9 Å². The number of aliphatic hydroxyl groups is 1. The summed E-state index contributed by atoms with van der Waals surface area (Å²) in [5, 5.41) is 13.2. The lowest BCUT2D eigenvalue weighted by Crippen LogP contribution is -2.50. The average molecular weight is 706 g/mol. The number of pyridine rings is 1. The zero-order valence-corrected chi connectivity index (χ0v) is 28.2. The van der Waals surface area contributed by atoms with Gasteiger partial charge in [-0.15, -0.1) is 11.8 Å². The van der Waals surface area contributed by atoms with Gasteiger partial charge in [0.1, 0.15) is 6.04 Å². The van der Waals surface area contributed by atoms with E-state index in [4.69, 9.17) is 9.47 Å². The van der Waals surface area contributed by atoms with Crippen molar-refractivity contribution in [1.82, 2.24) is 15.2 Å². The number of hydrogen-bond donors (Lipinski definition) is 2. The van der Waals surface area contributed by atoms with Crippen molar-refractivity contribution < 1.29 is 37.3 Å². The number of amides is 2. The number of rotatable bonds is 10. The Morgan fingerprint density at radius 3 is 2.42 bits per heavy atom. The van der Waals surface area contributed by atoms with Crippen LogP contribution in [0.15, 0.2) is 102 Å². The van der Waals surface area contributed by atoms with Crippen LogP contribution >= 0.6 is 11.8 Å². The van der Waals surface area contributed by atoms with Crippen LogP contribution in [0.4, 0.5) is 13.2 Å². The minimum absolute atomic E-state index is 0.0143. The molecular formula is C38H38F3N3O5S. The van der Waals surface area contributed by atoms with Crippen molar-refractivity contribution in [3.63, 3.8) is 0 Å². The number of hydrogen-bond acceptors (Lipinski definition) is 7. The number of ether oxygens (including phenoxy) is 2. The summed E-state index contributed by atoms with van der Waals surface area (Å²) in [6, 6.07) is 27.8. The molecule has 4 aromatic rings. The molecule has 5 atom stereocenters. The lowest BCUT2D eigenvalue weighted by Gasteiger charge is -2.41. The molecule has 2 saturated heterocycles. The minimum Gasteiger partial charge on any atom is -0.392 e. The summed E-state index contributed by atoms with van der Waals surface area (Å²) < 4.78 is 52.4. The highest BCUT2D eigenvalue weighted by atomic mass is 32.2. The van der Waals surface area contributed by atoms with Crippen molar-refractivity contribution in [2.45, 2.75) is 68.7 Å². The highest BCUT2D eigenvalue weighted by Gasteiger charge is 2.47. The maximum atomic E-state index is 13.0. The van der Waals surface area contributed by atoms with Crippen LogP contribution in [0.3, 0.4) is 0 Å². The summed E-state index contributed by atoms with van der Waals surface area (Å²) in [5.74, 6) is -1.91. The van der Waals surface area contributed by atoms with Crippen molar-refractivity contribution in [3.05, 3.63) is 119 Å². The van der Waals surface area contributed by atoms with Gasteiger partial charge in [0.05, 0.1) is 23.8 Å². The van der Waals surface area contributed by atoms with Crippen molar-refractivity contribution in [1.29, 1.82) is 0 Å². The Morgan fingerprint density at radius 2 is 1.70 bits per heavy atom. The standard InChI is InChI=1S/C38H38F3N3O5S/c1-24-32(23-50-33-12-2-3-17-42-33)48-36(49-34(24)27-15-13-25(22-45)14-16-27)30-10-5-9-29(20-30)28-8-4-7-26(19-28)21-43-35(46)31-11-6-18-44(31)37(47)38(39,40)41/h2-5,7-10,12-17,19-20,24,31-32,34,36,45H,6,11,18,21-23H2,1H3,(H,43,46)/t24-,31+,32+,34+,36+/m1/s1. The van der Waals surface area contributed by atoms with E-state index in [0.717, 1.165) is 38.4 Å². The summed E-state index contributed by atoms with van der Waals surface area (Å²) in [6.45, 7) is 2.06. The third-order valence-electron chi connectivity index (χ3n) is 9.10. The molecule has 2 aliphatic heterocycles. The smallest absolute Gasteiger partial charge is 0.392 e. The van der Waals surface area contributed by atoms with E-state index in [0.29, 0.717) is 17.1 Å².